The molecule has 0 aromatic carbocycles. The van der Waals surface area contributed by atoms with Crippen molar-refractivity contribution in [2.75, 3.05) is 6.26 Å². The molecule has 0 unspecified atom stereocenters. The topological polar surface area (TPSA) is 26.3 Å². The van der Waals surface area contributed by atoms with Gasteiger partial charge in [0, 0.05) is 22.8 Å². The van der Waals surface area contributed by atoms with Crippen LogP contribution in [0.15, 0.2) is 22.1 Å². The Labute approximate surface area is 166 Å². The van der Waals surface area contributed by atoms with Gasteiger partial charge in [0.05, 0.1) is 6.10 Å². The number of thioether (sulfide) groups is 1. The molecule has 26 heavy (non-hydrogen) atoms. The molecule has 0 aromatic rings. The van der Waals surface area contributed by atoms with Crippen LogP contribution in [-0.2, 0) is 9.22 Å². The summed E-state index contributed by atoms with van der Waals surface area (Å²) in [4.78, 5) is 13.8. The van der Waals surface area contributed by atoms with Crippen molar-refractivity contribution < 1.29 is 9.22 Å². The molecule has 148 valence electrons. The van der Waals surface area contributed by atoms with Crippen LogP contribution in [0.3, 0.4) is 0 Å². The van der Waals surface area contributed by atoms with Gasteiger partial charge in [-0.05, 0) is 42.1 Å². The van der Waals surface area contributed by atoms with Crippen LogP contribution in [0, 0.1) is 5.92 Å². The van der Waals surface area contributed by atoms with E-state index in [0.29, 0.717) is 34.7 Å². The lowest BCUT2D eigenvalue weighted by Crippen LogP contribution is -2.51. The summed E-state index contributed by atoms with van der Waals surface area (Å²) in [7, 11) is -1.93. The maximum Gasteiger partial charge on any atom is 0.200 e. The number of hydrogen-bond acceptors (Lipinski definition) is 3. The highest BCUT2D eigenvalue weighted by molar-refractivity contribution is 8.02. The minimum absolute atomic E-state index is 0.203. The lowest BCUT2D eigenvalue weighted by atomic mass is 9.88. The van der Waals surface area contributed by atoms with Crippen LogP contribution in [0.25, 0.3) is 0 Å². The molecule has 2 rings (SSSR count). The van der Waals surface area contributed by atoms with Crippen molar-refractivity contribution in [3.05, 3.63) is 22.1 Å². The standard InChI is InChI=1S/C22H38O2SSi/c1-14(2)26(15(3)4,16(5)6)24-20-13-18-10-9-11-19(23)22(18)21(25-8)12-17(20)7/h12,14-17,20H,9-11,13H2,1-8H3/t17-,20+/m1/s1. The average Bonchev–Trinajstić information content (AvgIpc) is 2.68. The van der Waals surface area contributed by atoms with Crippen molar-refractivity contribution in [1.82, 2.24) is 0 Å². The van der Waals surface area contributed by atoms with E-state index in [2.05, 4.69) is 60.8 Å². The zero-order valence-corrected chi connectivity index (χ0v) is 19.8. The second kappa shape index (κ2) is 8.79. The predicted molar refractivity (Wildman–Crippen MR) is 117 cm³/mol. The van der Waals surface area contributed by atoms with E-state index in [1.54, 1.807) is 11.8 Å². The van der Waals surface area contributed by atoms with Gasteiger partial charge in [-0.1, -0.05) is 60.1 Å². The summed E-state index contributed by atoms with van der Waals surface area (Å²) < 4.78 is 7.17. The van der Waals surface area contributed by atoms with Crippen molar-refractivity contribution >= 4 is 25.9 Å². The van der Waals surface area contributed by atoms with Crippen LogP contribution in [0.1, 0.15) is 74.1 Å². The molecule has 0 saturated carbocycles. The lowest BCUT2D eigenvalue weighted by Gasteiger charge is -2.45. The van der Waals surface area contributed by atoms with Gasteiger partial charge in [-0.25, -0.2) is 0 Å². The summed E-state index contributed by atoms with van der Waals surface area (Å²) in [5.41, 5.74) is 4.15. The van der Waals surface area contributed by atoms with Gasteiger partial charge in [0.15, 0.2) is 5.78 Å². The maximum atomic E-state index is 12.6. The molecule has 2 aliphatic rings. The predicted octanol–water partition coefficient (Wildman–Crippen LogP) is 6.88. The largest absolute Gasteiger partial charge is 0.412 e. The van der Waals surface area contributed by atoms with Crippen molar-refractivity contribution in [3.63, 3.8) is 0 Å². The Balaban J connectivity index is 2.44. The molecule has 0 spiro atoms. The second-order valence-corrected chi connectivity index (χ2v) is 15.3. The van der Waals surface area contributed by atoms with Crippen LogP contribution < -0.4 is 0 Å². The molecule has 0 bridgehead atoms. The summed E-state index contributed by atoms with van der Waals surface area (Å²) >= 11 is 1.73. The van der Waals surface area contributed by atoms with Crippen LogP contribution in [-0.4, -0.2) is 26.5 Å². The first-order chi connectivity index (χ1) is 12.1. The van der Waals surface area contributed by atoms with Crippen LogP contribution in [0.5, 0.6) is 0 Å². The Kier molecular flexibility index (Phi) is 7.43. The maximum absolute atomic E-state index is 12.6. The van der Waals surface area contributed by atoms with Crippen LogP contribution in [0.4, 0.5) is 0 Å². The summed E-state index contributed by atoms with van der Waals surface area (Å²) in [5.74, 6) is 0.693. The third-order valence-corrected chi connectivity index (χ3v) is 13.4. The van der Waals surface area contributed by atoms with Gasteiger partial charge in [0.1, 0.15) is 0 Å². The van der Waals surface area contributed by atoms with Gasteiger partial charge < -0.3 is 4.43 Å². The third-order valence-electron chi connectivity index (χ3n) is 6.49. The van der Waals surface area contributed by atoms with E-state index in [1.807, 2.05) is 0 Å². The Morgan fingerprint density at radius 2 is 1.65 bits per heavy atom. The molecule has 2 nitrogen and oxygen atoms in total. The lowest BCUT2D eigenvalue weighted by molar-refractivity contribution is -0.115. The van der Waals surface area contributed by atoms with Gasteiger partial charge in [-0.2, -0.15) is 0 Å². The van der Waals surface area contributed by atoms with Gasteiger partial charge >= 0.3 is 0 Å². The van der Waals surface area contributed by atoms with E-state index >= 15 is 0 Å². The highest BCUT2D eigenvalue weighted by atomic mass is 32.2. The summed E-state index contributed by atoms with van der Waals surface area (Å²) in [6.45, 7) is 16.4. The fourth-order valence-corrected chi connectivity index (χ4v) is 11.7. The molecule has 0 saturated heterocycles. The number of allylic oxidation sites excluding steroid dienone is 1. The zero-order valence-electron chi connectivity index (χ0n) is 18.0. The fraction of sp³-hybridized carbons (Fsp3) is 0.773. The number of carbonyl (C=O) groups is 1. The Bertz CT molecular complexity index is 567. The Hall–Kier alpha value is -0.323. The number of carbonyl (C=O) groups excluding carboxylic acids is 1. The molecule has 2 aliphatic carbocycles. The fourth-order valence-electron chi connectivity index (χ4n) is 5.27. The van der Waals surface area contributed by atoms with Crippen molar-refractivity contribution in [2.45, 2.75) is 96.9 Å². The van der Waals surface area contributed by atoms with E-state index in [-0.39, 0.29) is 6.10 Å². The number of hydrogen-bond donors (Lipinski definition) is 0. The molecule has 0 fully saturated rings. The zero-order chi connectivity index (χ0) is 19.6. The van der Waals surface area contributed by atoms with Crippen molar-refractivity contribution in [3.8, 4) is 0 Å². The molecule has 0 radical (unpaired) electrons. The highest BCUT2D eigenvalue weighted by Crippen LogP contribution is 2.46. The molecule has 2 atom stereocenters. The van der Waals surface area contributed by atoms with Crippen molar-refractivity contribution in [1.29, 1.82) is 0 Å². The minimum atomic E-state index is -1.93. The first-order valence-corrected chi connectivity index (χ1v) is 13.7. The Morgan fingerprint density at radius 1 is 1.08 bits per heavy atom. The van der Waals surface area contributed by atoms with Crippen LogP contribution in [0.2, 0.25) is 16.6 Å². The first kappa shape index (κ1) is 22.0. The molecule has 0 aliphatic heterocycles. The molecule has 0 heterocycles. The normalized spacial score (nSPS) is 25.0. The van der Waals surface area contributed by atoms with E-state index in [9.17, 15) is 4.79 Å². The average molecular weight is 395 g/mol. The van der Waals surface area contributed by atoms with Gasteiger partial charge in [0.2, 0.25) is 8.32 Å². The van der Waals surface area contributed by atoms with Crippen molar-refractivity contribution in [2.24, 2.45) is 5.92 Å². The third kappa shape index (κ3) is 4.07. The summed E-state index contributed by atoms with van der Waals surface area (Å²) in [5, 5.41) is 0. The molecular formula is C22H38O2SSi. The minimum Gasteiger partial charge on any atom is -0.412 e. The quantitative estimate of drug-likeness (QED) is 0.459. The van der Waals surface area contributed by atoms with Gasteiger partial charge in [-0.15, -0.1) is 11.8 Å². The number of ketones is 1. The highest BCUT2D eigenvalue weighted by Gasteiger charge is 2.47. The molecule has 0 aromatic heterocycles. The number of rotatable bonds is 6. The first-order valence-electron chi connectivity index (χ1n) is 10.3. The molecular weight excluding hydrogens is 356 g/mol. The van der Waals surface area contributed by atoms with E-state index in [1.165, 1.54) is 10.5 Å². The van der Waals surface area contributed by atoms with Crippen LogP contribution >= 0.6 is 11.8 Å². The van der Waals surface area contributed by atoms with E-state index < -0.39 is 8.32 Å². The number of Topliss-reactive ketones (excluding diaryl/α,β-unsaturated/α-hetero) is 1. The monoisotopic (exact) mass is 394 g/mol. The Morgan fingerprint density at radius 3 is 2.15 bits per heavy atom. The van der Waals surface area contributed by atoms with Gasteiger partial charge in [-0.3, -0.25) is 4.79 Å². The molecule has 0 amide bonds. The van der Waals surface area contributed by atoms with E-state index in [0.717, 1.165) is 24.8 Å². The second-order valence-electron chi connectivity index (χ2n) is 9.03. The van der Waals surface area contributed by atoms with E-state index in [4.69, 9.17) is 4.43 Å². The van der Waals surface area contributed by atoms with Gasteiger partial charge in [0.25, 0.3) is 0 Å². The summed E-state index contributed by atoms with van der Waals surface area (Å²) in [6, 6.07) is 0. The molecule has 0 N–H and O–H groups in total. The summed E-state index contributed by atoms with van der Waals surface area (Å²) in [6.07, 6.45) is 8.33. The molecule has 4 heteroatoms. The SMILES string of the molecule is CSC1=C[C@@H](C)[C@@H](O[Si](C(C)C)(C(C)C)C(C)C)CC2=C1C(=O)CCC2. The smallest absolute Gasteiger partial charge is 0.200 e.